The summed E-state index contributed by atoms with van der Waals surface area (Å²) >= 11 is 0. The molecule has 0 aromatic heterocycles. The number of amides is 3. The van der Waals surface area contributed by atoms with Crippen molar-refractivity contribution in [3.63, 3.8) is 0 Å². The zero-order chi connectivity index (χ0) is 19.6. The molecule has 0 unspecified atom stereocenters. The van der Waals surface area contributed by atoms with E-state index in [2.05, 4.69) is 10.6 Å². The minimum absolute atomic E-state index is 0.00365. The molecule has 1 aromatic carbocycles. The highest BCUT2D eigenvalue weighted by Crippen LogP contribution is 2.31. The van der Waals surface area contributed by atoms with Crippen molar-refractivity contribution in [2.45, 2.75) is 19.3 Å². The van der Waals surface area contributed by atoms with E-state index < -0.39 is 0 Å². The van der Waals surface area contributed by atoms with Crippen LogP contribution in [0.3, 0.4) is 0 Å². The number of ether oxygens (including phenoxy) is 2. The minimum Gasteiger partial charge on any atom is -0.497 e. The highest BCUT2D eigenvalue weighted by molar-refractivity contribution is 5.95. The van der Waals surface area contributed by atoms with Crippen molar-refractivity contribution >= 4 is 23.4 Å². The average Bonchev–Trinajstić information content (AvgIpc) is 3.51. The van der Waals surface area contributed by atoms with Crippen molar-refractivity contribution in [2.75, 3.05) is 45.8 Å². The second-order valence-electron chi connectivity index (χ2n) is 6.43. The molecule has 0 bridgehead atoms. The third kappa shape index (κ3) is 7.26. The fourth-order valence-corrected chi connectivity index (χ4v) is 2.54. The van der Waals surface area contributed by atoms with Crippen LogP contribution in [0.5, 0.6) is 5.75 Å². The van der Waals surface area contributed by atoms with E-state index in [-0.39, 0.29) is 36.7 Å². The van der Waals surface area contributed by atoms with E-state index in [4.69, 9.17) is 9.47 Å². The number of nitrogens with zero attached hydrogens (tertiary/aromatic N) is 1. The summed E-state index contributed by atoms with van der Waals surface area (Å²) in [5.74, 6) is 0.0390. The first-order valence-electron chi connectivity index (χ1n) is 9.01. The molecular weight excluding hydrogens is 350 g/mol. The van der Waals surface area contributed by atoms with E-state index in [9.17, 15) is 14.4 Å². The maximum absolute atomic E-state index is 12.3. The summed E-state index contributed by atoms with van der Waals surface area (Å²) in [6, 6.07) is 6.89. The van der Waals surface area contributed by atoms with Crippen molar-refractivity contribution < 1.29 is 23.9 Å². The Labute approximate surface area is 159 Å². The summed E-state index contributed by atoms with van der Waals surface area (Å²) in [5, 5.41) is 5.25. The van der Waals surface area contributed by atoms with E-state index >= 15 is 0 Å². The number of nitrogens with one attached hydrogen (secondary N) is 2. The third-order valence-electron chi connectivity index (χ3n) is 4.17. The van der Waals surface area contributed by atoms with Gasteiger partial charge in [0.2, 0.25) is 17.7 Å². The van der Waals surface area contributed by atoms with Crippen molar-refractivity contribution in [1.29, 1.82) is 0 Å². The van der Waals surface area contributed by atoms with Crippen LogP contribution in [-0.4, -0.2) is 63.1 Å². The average molecular weight is 377 g/mol. The monoisotopic (exact) mass is 377 g/mol. The molecule has 0 aliphatic heterocycles. The van der Waals surface area contributed by atoms with Gasteiger partial charge >= 0.3 is 0 Å². The topological polar surface area (TPSA) is 97.0 Å². The Morgan fingerprint density at radius 2 is 1.81 bits per heavy atom. The third-order valence-corrected chi connectivity index (χ3v) is 4.17. The number of benzene rings is 1. The zero-order valence-electron chi connectivity index (χ0n) is 15.8. The Morgan fingerprint density at radius 3 is 2.41 bits per heavy atom. The predicted octanol–water partition coefficient (Wildman–Crippen LogP) is 1.03. The summed E-state index contributed by atoms with van der Waals surface area (Å²) in [7, 11) is 3.16. The molecule has 8 nitrogen and oxygen atoms in total. The highest BCUT2D eigenvalue weighted by atomic mass is 16.5. The molecule has 2 N–H and O–H groups in total. The van der Waals surface area contributed by atoms with E-state index in [1.807, 2.05) is 0 Å². The van der Waals surface area contributed by atoms with Crippen LogP contribution in [0.1, 0.15) is 19.3 Å². The first kappa shape index (κ1) is 20.7. The number of hydrogen-bond acceptors (Lipinski definition) is 5. The van der Waals surface area contributed by atoms with Crippen LogP contribution in [0.2, 0.25) is 0 Å². The van der Waals surface area contributed by atoms with Crippen LogP contribution >= 0.6 is 0 Å². The van der Waals surface area contributed by atoms with Gasteiger partial charge in [-0.25, -0.2) is 0 Å². The predicted molar refractivity (Wildman–Crippen MR) is 100 cm³/mol. The molecular formula is C19H27N3O5. The molecule has 0 spiro atoms. The molecule has 3 amide bonds. The quantitative estimate of drug-likeness (QED) is 0.562. The lowest BCUT2D eigenvalue weighted by atomic mass is 10.3. The van der Waals surface area contributed by atoms with Gasteiger partial charge in [-0.05, 0) is 43.5 Å². The standard InChI is InChI=1S/C19H27N3O5/c1-26-11-3-10-22(19(25)14-4-5-14)13-18(24)20-12-17(23)21-15-6-8-16(27-2)9-7-15/h6-9,14H,3-5,10-13H2,1-2H3,(H,20,24)(H,21,23). The Balaban J connectivity index is 1.76. The van der Waals surface area contributed by atoms with Crippen molar-refractivity contribution in [1.82, 2.24) is 10.2 Å². The van der Waals surface area contributed by atoms with E-state index in [0.29, 0.717) is 31.0 Å². The van der Waals surface area contributed by atoms with Crippen molar-refractivity contribution in [2.24, 2.45) is 5.92 Å². The van der Waals surface area contributed by atoms with Gasteiger partial charge in [0.1, 0.15) is 5.75 Å². The Morgan fingerprint density at radius 1 is 1.11 bits per heavy atom. The normalized spacial score (nSPS) is 13.0. The summed E-state index contributed by atoms with van der Waals surface area (Å²) in [4.78, 5) is 37.9. The van der Waals surface area contributed by atoms with Gasteiger partial charge in [-0.15, -0.1) is 0 Å². The molecule has 8 heteroatoms. The van der Waals surface area contributed by atoms with Crippen LogP contribution in [0.25, 0.3) is 0 Å². The maximum Gasteiger partial charge on any atom is 0.243 e. The molecule has 0 radical (unpaired) electrons. The Kier molecular flexibility index (Phi) is 8.06. The molecule has 1 aromatic rings. The smallest absolute Gasteiger partial charge is 0.243 e. The molecule has 1 saturated carbocycles. The number of methoxy groups -OCH3 is 2. The minimum atomic E-state index is -0.355. The van der Waals surface area contributed by atoms with Gasteiger partial charge in [0.05, 0.1) is 20.2 Å². The molecule has 148 valence electrons. The number of rotatable bonds is 11. The fourth-order valence-electron chi connectivity index (χ4n) is 2.54. The molecule has 0 heterocycles. The SMILES string of the molecule is COCCCN(CC(=O)NCC(=O)Nc1ccc(OC)cc1)C(=O)C1CC1. The second kappa shape index (κ2) is 10.5. The van der Waals surface area contributed by atoms with Gasteiger partial charge in [-0.1, -0.05) is 0 Å². The first-order chi connectivity index (χ1) is 13.0. The summed E-state index contributed by atoms with van der Waals surface area (Å²) in [5.41, 5.74) is 0.611. The van der Waals surface area contributed by atoms with Crippen LogP contribution in [-0.2, 0) is 19.1 Å². The van der Waals surface area contributed by atoms with Crippen LogP contribution in [0, 0.1) is 5.92 Å². The lowest BCUT2D eigenvalue weighted by molar-refractivity contribution is -0.137. The summed E-state index contributed by atoms with van der Waals surface area (Å²) in [6.45, 7) is 0.790. The molecule has 1 aliphatic rings. The number of carbonyl (C=O) groups excluding carboxylic acids is 3. The largest absolute Gasteiger partial charge is 0.497 e. The highest BCUT2D eigenvalue weighted by Gasteiger charge is 2.33. The Bertz CT molecular complexity index is 643. The summed E-state index contributed by atoms with van der Waals surface area (Å²) < 4.78 is 10.1. The van der Waals surface area contributed by atoms with E-state index in [1.54, 1.807) is 43.4 Å². The Hall–Kier alpha value is -2.61. The van der Waals surface area contributed by atoms with Crippen molar-refractivity contribution in [3.05, 3.63) is 24.3 Å². The zero-order valence-corrected chi connectivity index (χ0v) is 15.8. The van der Waals surface area contributed by atoms with Gasteiger partial charge in [0, 0.05) is 31.9 Å². The van der Waals surface area contributed by atoms with E-state index in [1.165, 1.54) is 0 Å². The van der Waals surface area contributed by atoms with E-state index in [0.717, 1.165) is 12.8 Å². The maximum atomic E-state index is 12.3. The van der Waals surface area contributed by atoms with Crippen molar-refractivity contribution in [3.8, 4) is 5.75 Å². The lowest BCUT2D eigenvalue weighted by Gasteiger charge is -2.22. The summed E-state index contributed by atoms with van der Waals surface area (Å²) in [6.07, 6.45) is 2.43. The lowest BCUT2D eigenvalue weighted by Crippen LogP contribution is -2.44. The van der Waals surface area contributed by atoms with Crippen LogP contribution < -0.4 is 15.4 Å². The number of anilines is 1. The molecule has 1 fully saturated rings. The first-order valence-corrected chi connectivity index (χ1v) is 9.01. The van der Waals surface area contributed by atoms with Gasteiger partial charge in [-0.3, -0.25) is 14.4 Å². The molecule has 1 aliphatic carbocycles. The molecule has 0 saturated heterocycles. The van der Waals surface area contributed by atoms with Gasteiger partial charge < -0.3 is 25.0 Å². The van der Waals surface area contributed by atoms with Gasteiger partial charge in [0.15, 0.2) is 0 Å². The van der Waals surface area contributed by atoms with Gasteiger partial charge in [0.25, 0.3) is 0 Å². The molecule has 27 heavy (non-hydrogen) atoms. The second-order valence-corrected chi connectivity index (χ2v) is 6.43. The number of carbonyl (C=O) groups is 3. The molecule has 2 rings (SSSR count). The van der Waals surface area contributed by atoms with Gasteiger partial charge in [-0.2, -0.15) is 0 Å². The van der Waals surface area contributed by atoms with Crippen LogP contribution in [0.15, 0.2) is 24.3 Å². The molecule has 0 atom stereocenters. The van der Waals surface area contributed by atoms with Crippen LogP contribution in [0.4, 0.5) is 5.69 Å². The number of hydrogen-bond donors (Lipinski definition) is 2. The fraction of sp³-hybridized carbons (Fsp3) is 0.526.